The summed E-state index contributed by atoms with van der Waals surface area (Å²) < 4.78 is 76.7. The molecule has 0 saturated carbocycles. The van der Waals surface area contributed by atoms with Crippen molar-refractivity contribution in [2.75, 3.05) is 11.1 Å². The molecule has 5 aromatic heterocycles. The first-order valence-electron chi connectivity index (χ1n) is 41.7. The van der Waals surface area contributed by atoms with Gasteiger partial charge in [0.1, 0.15) is 54.7 Å². The van der Waals surface area contributed by atoms with Gasteiger partial charge >= 0.3 is 17.9 Å². The number of hydrogen-bond donors (Lipinski definition) is 7. The Morgan fingerprint density at radius 3 is 1.30 bits per heavy atom. The first-order valence-corrected chi connectivity index (χ1v) is 41.7. The van der Waals surface area contributed by atoms with E-state index in [9.17, 15) is 95.2 Å². The Labute approximate surface area is 734 Å². The van der Waals surface area contributed by atoms with Gasteiger partial charge in [-0.3, -0.25) is 38.4 Å². The van der Waals surface area contributed by atoms with Crippen LogP contribution in [-0.2, 0) is 130 Å². The van der Waals surface area contributed by atoms with Gasteiger partial charge in [0.25, 0.3) is 16.7 Å². The number of carbonyl (C=O) groups excluding carboxylic acids is 10. The summed E-state index contributed by atoms with van der Waals surface area (Å²) >= 11 is 0. The minimum absolute atomic E-state index is 0. The fourth-order valence-electron chi connectivity index (χ4n) is 19.7. The minimum Gasteiger partial charge on any atom is -0.458 e. The van der Waals surface area contributed by atoms with Gasteiger partial charge in [0.2, 0.25) is 11.8 Å². The largest absolute Gasteiger partial charge is 0.458 e. The number of nitrogens with two attached hydrogens (primary N) is 2. The minimum atomic E-state index is -1.93. The zero-order chi connectivity index (χ0) is 90.3. The average molecular weight is 1760 g/mol. The quantitative estimate of drug-likeness (QED) is 0.0305. The molecule has 0 fully saturated rings. The van der Waals surface area contributed by atoms with Crippen molar-refractivity contribution in [3.8, 4) is 22.8 Å². The Kier molecular flexibility index (Phi) is 26.2. The lowest BCUT2D eigenvalue weighted by atomic mass is 9.78. The molecule has 0 bridgehead atoms. The number of pyridine rings is 5. The first-order chi connectivity index (χ1) is 59.1. The van der Waals surface area contributed by atoms with E-state index in [0.29, 0.717) is 136 Å². The van der Waals surface area contributed by atoms with Crippen LogP contribution in [0.15, 0.2) is 56.8 Å². The number of carbonyl (C=O) groups is 10. The number of aliphatic hydroxyl groups is 3. The maximum Gasteiger partial charge on any atom is 0.343 e. The van der Waals surface area contributed by atoms with Crippen molar-refractivity contribution in [3.63, 3.8) is 0 Å². The molecule has 0 saturated heterocycles. The monoisotopic (exact) mass is 1760 g/mol. The lowest BCUT2D eigenvalue weighted by Crippen LogP contribution is -2.44. The van der Waals surface area contributed by atoms with Crippen LogP contribution in [0.1, 0.15) is 278 Å². The molecule has 4 aromatic carbocycles. The third-order valence-corrected chi connectivity index (χ3v) is 26.5. The molecule has 10 aliphatic rings. The molecule has 128 heavy (non-hydrogen) atoms. The number of nitrogens with zero attached hydrogens (tertiary/aromatic N) is 5. The Morgan fingerprint density at radius 2 is 0.859 bits per heavy atom. The molecule has 9 N–H and O–H groups in total. The lowest BCUT2D eigenvalue weighted by molar-refractivity contribution is -0.172. The van der Waals surface area contributed by atoms with Crippen LogP contribution in [0.4, 0.5) is 28.9 Å². The second-order valence-corrected chi connectivity index (χ2v) is 33.9. The van der Waals surface area contributed by atoms with Gasteiger partial charge in [-0.2, -0.15) is 0 Å². The van der Waals surface area contributed by atoms with E-state index in [1.165, 1.54) is 62.6 Å². The predicted molar refractivity (Wildman–Crippen MR) is 466 cm³/mol. The molecule has 7 atom stereocenters. The number of nitrogen functional groups attached to an aromatic ring is 1. The molecule has 2 amide bonds. The molecule has 9 aromatic rings. The maximum atomic E-state index is 14.8. The fourth-order valence-corrected chi connectivity index (χ4v) is 19.7. The number of rotatable bonds is 9. The van der Waals surface area contributed by atoms with Gasteiger partial charge in [0.05, 0.1) is 81.0 Å². The van der Waals surface area contributed by atoms with Crippen LogP contribution >= 0.6 is 0 Å². The standard InChI is InChI=1S/C26H24FN3O5.C24H22FN3O4.C16H18FNO3.C14H16FNO2.C13H13NO5.3CH4/c1-4-26(34)16-7-20-23-14(9-30(20)24(32)15(16)10-35-25(26)33)22-18(28-12(3)31)6-5-13-11(2)17(27)8-19(29-23)21(13)22;1-3-24(31)14-6-18-21-12(8-28(18)22(29)13(14)9-32-23(24)30)19-16(26)5-4-11-10(2)15(25)7-17(27-21)20(11)19;1-8(19)6-11-4-5-12-9(2)13(17)7-14(18-10(3)20)15(12)16(11)21;1-7(17)5-9-3-4-10-8(2)11(15)6-12(16)13(10)14(9)18;1-2-13(18)8-5-9-10(15)3-4-14(9)11(16)7(8)6-19-12(13)17;;;/h7-8,18,34H,4-6,9-10H2,1-3H3,(H,28,31);6-7,16,31H,3-5,8-9,26H2,1-2H3;7,11H,4-6H2,1-3H3,(H,18,20);6,9H,3-5,16H2,1-2H3;5,18H,2-4,6H2,1H3;3*1H4/t18?,26-;16-,24-;;;13-;;;/m00..0.../s1. The third-order valence-electron chi connectivity index (χ3n) is 26.5. The van der Waals surface area contributed by atoms with Crippen molar-refractivity contribution in [2.45, 2.75) is 257 Å². The summed E-state index contributed by atoms with van der Waals surface area (Å²) in [6, 6.07) is 9.42. The normalized spacial score (nSPS) is 20.9. The highest BCUT2D eigenvalue weighted by Gasteiger charge is 2.50. The van der Waals surface area contributed by atoms with Gasteiger partial charge < -0.3 is 74.9 Å². The third kappa shape index (κ3) is 15.5. The molecule has 28 nitrogen and oxygen atoms in total. The number of aryl methyl sites for hydroxylation is 2. The number of esters is 3. The number of nitrogens with one attached hydrogen (secondary N) is 2. The molecule has 19 rings (SSSR count). The van der Waals surface area contributed by atoms with E-state index in [1.807, 2.05) is 0 Å². The van der Waals surface area contributed by atoms with Crippen molar-refractivity contribution < 1.29 is 95.0 Å². The van der Waals surface area contributed by atoms with Gasteiger partial charge in [0.15, 0.2) is 34.2 Å². The number of aromatic nitrogens is 5. The summed E-state index contributed by atoms with van der Waals surface area (Å²) in [7, 11) is 0. The van der Waals surface area contributed by atoms with Crippen LogP contribution in [0.25, 0.3) is 44.6 Å². The van der Waals surface area contributed by atoms with Gasteiger partial charge in [-0.15, -0.1) is 0 Å². The summed E-state index contributed by atoms with van der Waals surface area (Å²) in [6.45, 7) is 17.8. The second-order valence-electron chi connectivity index (χ2n) is 33.9. The molecule has 11 heterocycles. The van der Waals surface area contributed by atoms with E-state index >= 15 is 0 Å². The zero-order valence-electron chi connectivity index (χ0n) is 70.8. The second kappa shape index (κ2) is 35.3. The summed E-state index contributed by atoms with van der Waals surface area (Å²) in [5.74, 6) is -5.51. The van der Waals surface area contributed by atoms with Crippen molar-refractivity contribution in [3.05, 3.63) is 214 Å². The van der Waals surface area contributed by atoms with Gasteiger partial charge in [-0.25, -0.2) is 41.9 Å². The van der Waals surface area contributed by atoms with Crippen LogP contribution < -0.4 is 38.8 Å². The van der Waals surface area contributed by atoms with E-state index in [2.05, 4.69) is 10.6 Å². The van der Waals surface area contributed by atoms with Gasteiger partial charge in [0, 0.05) is 125 Å². The van der Waals surface area contributed by atoms with E-state index in [4.69, 9.17) is 35.6 Å². The van der Waals surface area contributed by atoms with Crippen LogP contribution in [0, 0.1) is 62.8 Å². The number of amides is 2. The summed E-state index contributed by atoms with van der Waals surface area (Å²) in [6.07, 6.45) is 5.75. The van der Waals surface area contributed by atoms with Gasteiger partial charge in [-0.05, 0) is 198 Å². The molecule has 4 aliphatic carbocycles. The molecule has 676 valence electrons. The number of anilines is 2. The van der Waals surface area contributed by atoms with Crippen molar-refractivity contribution in [1.82, 2.24) is 29.0 Å². The number of benzene rings is 4. The molecular weight excluding hydrogens is 1660 g/mol. The molecular formula is C96H105F4N9O19. The first kappa shape index (κ1) is 94.7. The summed E-state index contributed by atoms with van der Waals surface area (Å²) in [5.41, 5.74) is 20.2. The highest BCUT2D eigenvalue weighted by molar-refractivity contribution is 6.09. The fraction of sp³-hybridized carbons (Fsp3) is 0.427. The van der Waals surface area contributed by atoms with Crippen molar-refractivity contribution in [1.29, 1.82) is 0 Å². The predicted octanol–water partition coefficient (Wildman–Crippen LogP) is 12.4. The van der Waals surface area contributed by atoms with Crippen LogP contribution in [0.3, 0.4) is 0 Å². The number of halogens is 4. The Hall–Kier alpha value is -12.4. The van der Waals surface area contributed by atoms with Crippen LogP contribution in [-0.4, -0.2) is 97.6 Å². The van der Waals surface area contributed by atoms with E-state index in [0.717, 1.165) is 44.2 Å². The smallest absolute Gasteiger partial charge is 0.343 e. The molecule has 32 heteroatoms. The Morgan fingerprint density at radius 1 is 0.477 bits per heavy atom. The highest BCUT2D eigenvalue weighted by atomic mass is 19.1. The van der Waals surface area contributed by atoms with E-state index < -0.39 is 40.5 Å². The van der Waals surface area contributed by atoms with Crippen molar-refractivity contribution >= 4 is 91.8 Å². The van der Waals surface area contributed by atoms with E-state index in [1.54, 1.807) is 69.7 Å². The average Bonchev–Trinajstić information content (AvgIpc) is 1.53. The van der Waals surface area contributed by atoms with Gasteiger partial charge in [-0.1, -0.05) is 43.1 Å². The SMILES string of the molecule is C.C.C.CC(=O)CC1CCc2c(C)c(F)cc(N)c2C1=O.CC(=O)CC1CCc2c(C)c(F)cc(NC(C)=O)c2C1=O.CC[C@@]1(O)C(=O)OCc2c1cc1n(c2=O)CCC1=O.CC[C@@]1(O)C(=O)OCc2c1cc1n(c2=O)Cc2c-1nc1cc(F)c(C)c3c1c2C(NC(C)=O)CC3.CC[C@@]1(O)C(=O)OCc2c1cc1n(c2=O)Cc2c-1nc1cc(F)c(C)c3c1c2[C@@H](N)CC3. The van der Waals surface area contributed by atoms with Crippen molar-refractivity contribution in [2.24, 2.45) is 17.6 Å². The molecule has 3 unspecified atom stereocenters. The number of cyclic esters (lactones) is 3. The lowest BCUT2D eigenvalue weighted by Gasteiger charge is -2.31. The molecule has 6 aliphatic heterocycles. The zero-order valence-corrected chi connectivity index (χ0v) is 70.8. The number of ketones is 5. The Bertz CT molecular complexity index is 6570. The summed E-state index contributed by atoms with van der Waals surface area (Å²) in [5, 5.41) is 39.8. The molecule has 0 spiro atoms. The number of Topliss-reactive ketones (excluding diaryl/α,β-unsaturated/α-hetero) is 5. The van der Waals surface area contributed by atoms with Crippen LogP contribution in [0.2, 0.25) is 0 Å². The number of fused-ring (bicyclic) bond motifs is 14. The number of hydrogen-bond acceptors (Lipinski definition) is 23. The maximum absolute atomic E-state index is 14.8. The highest BCUT2D eigenvalue weighted by Crippen LogP contribution is 2.50. The number of ether oxygens (including phenoxy) is 3. The molecule has 0 radical (unpaired) electrons. The van der Waals surface area contributed by atoms with E-state index in [-0.39, 0.29) is 243 Å². The Balaban J connectivity index is 0.000000148. The van der Waals surface area contributed by atoms with Crippen LogP contribution in [0.5, 0.6) is 0 Å². The topological polar surface area (TPSA) is 427 Å². The summed E-state index contributed by atoms with van der Waals surface area (Å²) in [4.78, 5) is 168.